The largest absolute Gasteiger partial charge is 0.358 e. The summed E-state index contributed by atoms with van der Waals surface area (Å²) >= 11 is 0. The van der Waals surface area contributed by atoms with Gasteiger partial charge >= 0.3 is 0 Å². The molecule has 0 amide bonds. The summed E-state index contributed by atoms with van der Waals surface area (Å²) in [6, 6.07) is 13.8. The highest BCUT2D eigenvalue weighted by molar-refractivity contribution is 5.87. The predicted octanol–water partition coefficient (Wildman–Crippen LogP) is 6.26. The lowest BCUT2D eigenvalue weighted by Gasteiger charge is -2.09. The molecule has 0 radical (unpaired) electrons. The molecule has 0 bridgehead atoms. The van der Waals surface area contributed by atoms with Crippen molar-refractivity contribution in [1.82, 2.24) is 4.98 Å². The van der Waals surface area contributed by atoms with Crippen molar-refractivity contribution < 1.29 is 0 Å². The van der Waals surface area contributed by atoms with E-state index in [4.69, 9.17) is 0 Å². The zero-order valence-corrected chi connectivity index (χ0v) is 15.7. The molecule has 1 heteroatoms. The number of fused-ring (bicyclic) bond motifs is 1. The molecule has 0 atom stereocenters. The Kier molecular flexibility index (Phi) is 4.80. The molecule has 0 saturated heterocycles. The topological polar surface area (TPSA) is 15.8 Å². The first-order valence-electron chi connectivity index (χ1n) is 9.19. The van der Waals surface area contributed by atoms with Crippen LogP contribution in [0.4, 0.5) is 0 Å². The van der Waals surface area contributed by atoms with Gasteiger partial charge in [0.1, 0.15) is 0 Å². The second-order valence-corrected chi connectivity index (χ2v) is 7.34. The van der Waals surface area contributed by atoms with E-state index in [2.05, 4.69) is 76.0 Å². The lowest BCUT2D eigenvalue weighted by molar-refractivity contribution is 0.836. The van der Waals surface area contributed by atoms with Crippen LogP contribution in [0, 0.1) is 13.8 Å². The fourth-order valence-electron chi connectivity index (χ4n) is 3.58. The van der Waals surface area contributed by atoms with Gasteiger partial charge in [-0.1, -0.05) is 56.7 Å². The fraction of sp³-hybridized carbons (Fsp3) is 0.391. The molecule has 0 aliphatic rings. The third-order valence-corrected chi connectivity index (χ3v) is 5.16. The predicted molar refractivity (Wildman–Crippen MR) is 105 cm³/mol. The molecule has 0 spiro atoms. The van der Waals surface area contributed by atoms with Crippen molar-refractivity contribution in [3.8, 4) is 0 Å². The van der Waals surface area contributed by atoms with E-state index in [0.717, 1.165) is 19.3 Å². The molecule has 3 rings (SSSR count). The average molecular weight is 319 g/mol. The highest BCUT2D eigenvalue weighted by Crippen LogP contribution is 2.28. The van der Waals surface area contributed by atoms with E-state index in [1.54, 1.807) is 0 Å². The molecular weight excluding hydrogens is 290 g/mol. The van der Waals surface area contributed by atoms with Crippen LogP contribution in [0.15, 0.2) is 36.4 Å². The molecule has 1 heterocycles. The summed E-state index contributed by atoms with van der Waals surface area (Å²) < 4.78 is 0. The van der Waals surface area contributed by atoms with Crippen LogP contribution in [0.2, 0.25) is 0 Å². The maximum absolute atomic E-state index is 3.67. The van der Waals surface area contributed by atoms with Crippen LogP contribution < -0.4 is 0 Å². The van der Waals surface area contributed by atoms with Crippen LogP contribution in [0.5, 0.6) is 0 Å². The molecule has 24 heavy (non-hydrogen) atoms. The van der Waals surface area contributed by atoms with E-state index in [0.29, 0.717) is 5.92 Å². The van der Waals surface area contributed by atoms with E-state index >= 15 is 0 Å². The minimum Gasteiger partial charge on any atom is -0.358 e. The summed E-state index contributed by atoms with van der Waals surface area (Å²) in [5.74, 6) is 0.536. The first kappa shape index (κ1) is 16.8. The van der Waals surface area contributed by atoms with Crippen LogP contribution in [-0.4, -0.2) is 4.98 Å². The Morgan fingerprint density at radius 2 is 1.54 bits per heavy atom. The number of nitrogens with one attached hydrogen (secondary N) is 1. The van der Waals surface area contributed by atoms with Crippen molar-refractivity contribution in [3.05, 3.63) is 69.9 Å². The highest BCUT2D eigenvalue weighted by atomic mass is 14.7. The van der Waals surface area contributed by atoms with Gasteiger partial charge in [0.25, 0.3) is 0 Å². The molecule has 3 aromatic rings. The maximum Gasteiger partial charge on any atom is 0.0491 e. The van der Waals surface area contributed by atoms with E-state index in [9.17, 15) is 0 Å². The average Bonchev–Trinajstić information content (AvgIpc) is 2.99. The second-order valence-electron chi connectivity index (χ2n) is 7.34. The van der Waals surface area contributed by atoms with Gasteiger partial charge in [-0.05, 0) is 67.3 Å². The maximum atomic E-state index is 3.67. The standard InChI is InChI=1S/C23H29N/c1-6-18-9-11-20(21-14-22(15(2)3)24-23(18)21)12-10-19-8-7-16(4)13-17(19)5/h7-9,11,13-15,24H,6,10,12H2,1-5H3. The van der Waals surface area contributed by atoms with Gasteiger partial charge in [0.15, 0.2) is 0 Å². The number of aromatic nitrogens is 1. The zero-order valence-electron chi connectivity index (χ0n) is 15.7. The minimum absolute atomic E-state index is 0.536. The van der Waals surface area contributed by atoms with Crippen LogP contribution in [0.25, 0.3) is 10.9 Å². The Labute approximate surface area is 146 Å². The first-order chi connectivity index (χ1) is 11.5. The normalized spacial score (nSPS) is 11.6. The number of aromatic amines is 1. The van der Waals surface area contributed by atoms with Gasteiger partial charge in [0, 0.05) is 16.6 Å². The molecule has 0 aliphatic carbocycles. The smallest absolute Gasteiger partial charge is 0.0491 e. The Hall–Kier alpha value is -2.02. The molecule has 1 N–H and O–H groups in total. The quantitative estimate of drug-likeness (QED) is 0.571. The van der Waals surface area contributed by atoms with Crippen molar-refractivity contribution in [3.63, 3.8) is 0 Å². The molecule has 1 nitrogen and oxygen atoms in total. The molecule has 126 valence electrons. The van der Waals surface area contributed by atoms with Crippen LogP contribution in [0.1, 0.15) is 60.2 Å². The van der Waals surface area contributed by atoms with Crippen LogP contribution >= 0.6 is 0 Å². The van der Waals surface area contributed by atoms with Crippen LogP contribution in [-0.2, 0) is 19.3 Å². The van der Waals surface area contributed by atoms with Crippen molar-refractivity contribution in [2.45, 2.75) is 59.8 Å². The number of H-pyrrole nitrogens is 1. The van der Waals surface area contributed by atoms with Gasteiger partial charge in [0.05, 0.1) is 0 Å². The first-order valence-corrected chi connectivity index (χ1v) is 9.19. The summed E-state index contributed by atoms with van der Waals surface area (Å²) in [5, 5.41) is 1.42. The number of aryl methyl sites for hydroxylation is 5. The van der Waals surface area contributed by atoms with Gasteiger partial charge in [-0.2, -0.15) is 0 Å². The third-order valence-electron chi connectivity index (χ3n) is 5.16. The van der Waals surface area contributed by atoms with Crippen molar-refractivity contribution in [1.29, 1.82) is 0 Å². The molecule has 1 aromatic heterocycles. The van der Waals surface area contributed by atoms with Crippen molar-refractivity contribution in [2.75, 3.05) is 0 Å². The van der Waals surface area contributed by atoms with Gasteiger partial charge in [-0.3, -0.25) is 0 Å². The number of benzene rings is 2. The van der Waals surface area contributed by atoms with Crippen molar-refractivity contribution in [2.24, 2.45) is 0 Å². The van der Waals surface area contributed by atoms with E-state index < -0.39 is 0 Å². The highest BCUT2D eigenvalue weighted by Gasteiger charge is 2.11. The third kappa shape index (κ3) is 3.26. The number of hydrogen-bond acceptors (Lipinski definition) is 0. The molecule has 0 saturated carbocycles. The SMILES string of the molecule is CCc1ccc(CCc2ccc(C)cc2C)c2cc(C(C)C)[nH]c12. The summed E-state index contributed by atoms with van der Waals surface area (Å²) in [4.78, 5) is 3.67. The van der Waals surface area contributed by atoms with Crippen LogP contribution in [0.3, 0.4) is 0 Å². The van der Waals surface area contributed by atoms with Gasteiger partial charge in [-0.25, -0.2) is 0 Å². The number of hydrogen-bond donors (Lipinski definition) is 1. The van der Waals surface area contributed by atoms with Crippen molar-refractivity contribution >= 4 is 10.9 Å². The molecule has 0 aliphatic heterocycles. The monoisotopic (exact) mass is 319 g/mol. The summed E-state index contributed by atoms with van der Waals surface area (Å²) in [6.45, 7) is 11.1. The molecule has 0 fully saturated rings. The van der Waals surface area contributed by atoms with E-state index in [1.165, 1.54) is 44.4 Å². The Balaban J connectivity index is 1.94. The van der Waals surface area contributed by atoms with Gasteiger partial charge < -0.3 is 4.98 Å². The molecule has 0 unspecified atom stereocenters. The second kappa shape index (κ2) is 6.84. The molecular formula is C23H29N. The minimum atomic E-state index is 0.536. The van der Waals surface area contributed by atoms with E-state index in [-0.39, 0.29) is 0 Å². The summed E-state index contributed by atoms with van der Waals surface area (Å²) in [7, 11) is 0. The lowest BCUT2D eigenvalue weighted by atomic mass is 9.96. The summed E-state index contributed by atoms with van der Waals surface area (Å²) in [6.07, 6.45) is 3.28. The Morgan fingerprint density at radius 3 is 2.21 bits per heavy atom. The zero-order chi connectivity index (χ0) is 17.3. The Morgan fingerprint density at radius 1 is 0.875 bits per heavy atom. The number of rotatable bonds is 5. The summed E-state index contributed by atoms with van der Waals surface area (Å²) in [5.41, 5.74) is 9.80. The Bertz CT molecular complexity index is 852. The lowest BCUT2D eigenvalue weighted by Crippen LogP contribution is -1.96. The fourth-order valence-corrected chi connectivity index (χ4v) is 3.58. The molecule has 2 aromatic carbocycles. The van der Waals surface area contributed by atoms with Gasteiger partial charge in [-0.15, -0.1) is 0 Å². The van der Waals surface area contributed by atoms with E-state index in [1.807, 2.05) is 0 Å². The van der Waals surface area contributed by atoms with Gasteiger partial charge in [0.2, 0.25) is 0 Å².